The van der Waals surface area contributed by atoms with Gasteiger partial charge in [0.2, 0.25) is 6.41 Å². The fourth-order valence-electron chi connectivity index (χ4n) is 0.468. The van der Waals surface area contributed by atoms with Gasteiger partial charge in [0.15, 0.2) is 0 Å². The van der Waals surface area contributed by atoms with Crippen molar-refractivity contribution in [3.63, 3.8) is 0 Å². The first-order valence-corrected chi connectivity index (χ1v) is 2.89. The molecule has 0 aromatic rings. The third kappa shape index (κ3) is 5.26. The second-order valence-corrected chi connectivity index (χ2v) is 1.60. The van der Waals surface area contributed by atoms with Crippen LogP contribution in [0.15, 0.2) is 0 Å². The SMILES string of the molecule is CCNC(O)CNC=O. The van der Waals surface area contributed by atoms with Crippen LogP contribution in [0.5, 0.6) is 0 Å². The summed E-state index contributed by atoms with van der Waals surface area (Å²) in [5, 5.41) is 13.9. The molecule has 1 amide bonds. The van der Waals surface area contributed by atoms with Crippen molar-refractivity contribution in [1.82, 2.24) is 10.6 Å². The van der Waals surface area contributed by atoms with Gasteiger partial charge in [0.05, 0.1) is 6.54 Å². The third-order valence-electron chi connectivity index (χ3n) is 0.834. The van der Waals surface area contributed by atoms with Gasteiger partial charge in [0.25, 0.3) is 0 Å². The quantitative estimate of drug-likeness (QED) is 0.320. The van der Waals surface area contributed by atoms with Crippen molar-refractivity contribution in [2.75, 3.05) is 13.1 Å². The van der Waals surface area contributed by atoms with Gasteiger partial charge in [0.1, 0.15) is 6.23 Å². The fourth-order valence-corrected chi connectivity index (χ4v) is 0.468. The molecule has 0 saturated carbocycles. The lowest BCUT2D eigenvalue weighted by atomic mass is 10.5. The van der Waals surface area contributed by atoms with Gasteiger partial charge in [-0.25, -0.2) is 0 Å². The summed E-state index contributed by atoms with van der Waals surface area (Å²) in [5.74, 6) is 0. The van der Waals surface area contributed by atoms with Crippen molar-refractivity contribution in [3.05, 3.63) is 0 Å². The molecule has 4 nitrogen and oxygen atoms in total. The molecular weight excluding hydrogens is 120 g/mol. The minimum absolute atomic E-state index is 0.261. The summed E-state index contributed by atoms with van der Waals surface area (Å²) in [6.07, 6.45) is -0.0687. The molecule has 0 aliphatic rings. The van der Waals surface area contributed by atoms with Crippen LogP contribution >= 0.6 is 0 Å². The Hall–Kier alpha value is -0.610. The minimum Gasteiger partial charge on any atom is -0.377 e. The molecule has 54 valence electrons. The average molecular weight is 132 g/mol. The zero-order valence-corrected chi connectivity index (χ0v) is 5.42. The van der Waals surface area contributed by atoms with Crippen molar-refractivity contribution in [1.29, 1.82) is 0 Å². The Bertz CT molecular complexity index is 77.4. The molecule has 0 saturated heterocycles. The lowest BCUT2D eigenvalue weighted by Gasteiger charge is -2.08. The van der Waals surface area contributed by atoms with E-state index in [2.05, 4.69) is 10.6 Å². The third-order valence-corrected chi connectivity index (χ3v) is 0.834. The fraction of sp³-hybridized carbons (Fsp3) is 0.800. The van der Waals surface area contributed by atoms with Crippen LogP contribution in [0.25, 0.3) is 0 Å². The Balaban J connectivity index is 3.04. The van der Waals surface area contributed by atoms with Gasteiger partial charge >= 0.3 is 0 Å². The largest absolute Gasteiger partial charge is 0.377 e. The predicted molar refractivity (Wildman–Crippen MR) is 33.8 cm³/mol. The van der Waals surface area contributed by atoms with Gasteiger partial charge in [-0.3, -0.25) is 10.1 Å². The van der Waals surface area contributed by atoms with Crippen LogP contribution in [0.2, 0.25) is 0 Å². The highest BCUT2D eigenvalue weighted by atomic mass is 16.3. The maximum absolute atomic E-state index is 9.66. The van der Waals surface area contributed by atoms with Crippen LogP contribution in [0.4, 0.5) is 0 Å². The number of carbonyl (C=O) groups excluding carboxylic acids is 1. The predicted octanol–water partition coefficient (Wildman–Crippen LogP) is -1.34. The first kappa shape index (κ1) is 8.39. The molecule has 0 spiro atoms. The maximum atomic E-state index is 9.66. The molecule has 4 heteroatoms. The monoisotopic (exact) mass is 132 g/mol. The number of aliphatic hydroxyl groups excluding tert-OH is 1. The van der Waals surface area contributed by atoms with E-state index in [1.165, 1.54) is 0 Å². The maximum Gasteiger partial charge on any atom is 0.207 e. The van der Waals surface area contributed by atoms with Crippen LogP contribution in [-0.2, 0) is 4.79 Å². The van der Waals surface area contributed by atoms with Crippen LogP contribution in [0, 0.1) is 0 Å². The number of nitrogens with one attached hydrogen (secondary N) is 2. The van der Waals surface area contributed by atoms with E-state index in [4.69, 9.17) is 5.11 Å². The Morgan fingerprint density at radius 1 is 1.78 bits per heavy atom. The lowest BCUT2D eigenvalue weighted by molar-refractivity contribution is -0.110. The molecule has 1 atom stereocenters. The number of aliphatic hydroxyl groups is 1. The summed E-state index contributed by atoms with van der Waals surface area (Å²) in [7, 11) is 0. The molecule has 0 radical (unpaired) electrons. The second-order valence-electron chi connectivity index (χ2n) is 1.60. The van der Waals surface area contributed by atoms with E-state index in [1.807, 2.05) is 6.92 Å². The van der Waals surface area contributed by atoms with Gasteiger partial charge in [0, 0.05) is 0 Å². The van der Waals surface area contributed by atoms with Gasteiger partial charge in [-0.05, 0) is 6.54 Å². The molecule has 0 bridgehead atoms. The first-order valence-electron chi connectivity index (χ1n) is 2.89. The summed E-state index contributed by atoms with van der Waals surface area (Å²) >= 11 is 0. The molecule has 0 heterocycles. The highest BCUT2D eigenvalue weighted by Gasteiger charge is 1.96. The van der Waals surface area contributed by atoms with Crippen molar-refractivity contribution < 1.29 is 9.90 Å². The van der Waals surface area contributed by atoms with Crippen molar-refractivity contribution in [2.45, 2.75) is 13.2 Å². The summed E-state index contributed by atoms with van der Waals surface area (Å²) in [6, 6.07) is 0. The van der Waals surface area contributed by atoms with Crippen molar-refractivity contribution in [2.24, 2.45) is 0 Å². The Morgan fingerprint density at radius 2 is 2.44 bits per heavy atom. The van der Waals surface area contributed by atoms with Gasteiger partial charge < -0.3 is 10.4 Å². The molecular formula is C5H12N2O2. The van der Waals surface area contributed by atoms with E-state index in [9.17, 15) is 4.79 Å². The second kappa shape index (κ2) is 5.53. The van der Waals surface area contributed by atoms with Crippen LogP contribution in [-0.4, -0.2) is 30.8 Å². The number of likely N-dealkylation sites (N-methyl/N-ethyl adjacent to an activating group) is 1. The number of rotatable bonds is 5. The molecule has 0 aromatic carbocycles. The van der Waals surface area contributed by atoms with E-state index < -0.39 is 6.23 Å². The lowest BCUT2D eigenvalue weighted by Crippen LogP contribution is -2.37. The molecule has 0 rings (SSSR count). The molecule has 9 heavy (non-hydrogen) atoms. The summed E-state index contributed by atoms with van der Waals surface area (Å²) < 4.78 is 0. The Kier molecular flexibility index (Phi) is 5.15. The van der Waals surface area contributed by atoms with E-state index in [-0.39, 0.29) is 6.54 Å². The average Bonchev–Trinajstić information content (AvgIpc) is 1.85. The zero-order chi connectivity index (χ0) is 7.11. The topological polar surface area (TPSA) is 61.4 Å². The summed E-state index contributed by atoms with van der Waals surface area (Å²) in [6.45, 7) is 2.84. The highest BCUT2D eigenvalue weighted by Crippen LogP contribution is 1.69. The standard InChI is InChI=1S/C5H12N2O2/c1-2-7-5(9)3-6-4-8/h4-5,7,9H,2-3H2,1H3,(H,6,8). The highest BCUT2D eigenvalue weighted by molar-refractivity contribution is 5.45. The van der Waals surface area contributed by atoms with E-state index >= 15 is 0 Å². The number of amides is 1. The van der Waals surface area contributed by atoms with Gasteiger partial charge in [-0.15, -0.1) is 0 Å². The van der Waals surface area contributed by atoms with Crippen molar-refractivity contribution in [3.8, 4) is 0 Å². The first-order chi connectivity index (χ1) is 4.31. The van der Waals surface area contributed by atoms with Gasteiger partial charge in [-0.2, -0.15) is 0 Å². The normalized spacial score (nSPS) is 12.7. The van der Waals surface area contributed by atoms with Crippen LogP contribution in [0.1, 0.15) is 6.92 Å². The number of hydrogen-bond donors (Lipinski definition) is 3. The van der Waals surface area contributed by atoms with E-state index in [0.29, 0.717) is 13.0 Å². The minimum atomic E-state index is -0.625. The number of hydrogen-bond acceptors (Lipinski definition) is 3. The van der Waals surface area contributed by atoms with Gasteiger partial charge in [-0.1, -0.05) is 6.92 Å². The Morgan fingerprint density at radius 3 is 2.89 bits per heavy atom. The molecule has 0 aliphatic carbocycles. The summed E-state index contributed by atoms with van der Waals surface area (Å²) in [5.41, 5.74) is 0. The van der Waals surface area contributed by atoms with Crippen LogP contribution < -0.4 is 10.6 Å². The molecule has 0 fully saturated rings. The number of carbonyl (C=O) groups is 1. The van der Waals surface area contributed by atoms with E-state index in [1.54, 1.807) is 0 Å². The molecule has 0 aromatic heterocycles. The zero-order valence-electron chi connectivity index (χ0n) is 5.42. The van der Waals surface area contributed by atoms with Crippen LogP contribution in [0.3, 0.4) is 0 Å². The molecule has 1 unspecified atom stereocenters. The van der Waals surface area contributed by atoms with Crippen molar-refractivity contribution >= 4 is 6.41 Å². The molecule has 3 N–H and O–H groups in total. The molecule has 0 aliphatic heterocycles. The smallest absolute Gasteiger partial charge is 0.207 e. The summed E-state index contributed by atoms with van der Waals surface area (Å²) in [4.78, 5) is 9.66. The van der Waals surface area contributed by atoms with E-state index in [0.717, 1.165) is 0 Å². The Labute approximate surface area is 54.3 Å².